The number of ether oxygens (including phenoxy) is 2. The molecule has 0 radical (unpaired) electrons. The molecule has 1 aromatic carbocycles. The lowest BCUT2D eigenvalue weighted by Crippen LogP contribution is -2.58. The molecule has 3 amide bonds. The van der Waals surface area contributed by atoms with E-state index in [9.17, 15) is 19.2 Å². The lowest BCUT2D eigenvalue weighted by Gasteiger charge is -2.29. The van der Waals surface area contributed by atoms with Crippen LogP contribution in [-0.4, -0.2) is 96.3 Å². The first kappa shape index (κ1) is 30.1. The molecule has 11 heteroatoms. The minimum atomic E-state index is -0.965. The van der Waals surface area contributed by atoms with Gasteiger partial charge in [0.05, 0.1) is 32.4 Å². The molecule has 2 aliphatic rings. The van der Waals surface area contributed by atoms with E-state index in [-0.39, 0.29) is 24.7 Å². The fourth-order valence-corrected chi connectivity index (χ4v) is 4.45. The number of carbonyl (C=O) groups excluding carboxylic acids is 4. The van der Waals surface area contributed by atoms with Gasteiger partial charge in [0.25, 0.3) is 0 Å². The van der Waals surface area contributed by atoms with Crippen LogP contribution < -0.4 is 16.0 Å². The van der Waals surface area contributed by atoms with Gasteiger partial charge in [0, 0.05) is 17.8 Å². The van der Waals surface area contributed by atoms with E-state index in [2.05, 4.69) is 28.6 Å². The molecular formula is C27H40N4O6S. The molecular weight excluding hydrogens is 508 g/mol. The number of hydrogen-bond acceptors (Lipinski definition) is 8. The molecule has 3 N–H and O–H groups in total. The van der Waals surface area contributed by atoms with Crippen LogP contribution in [0.5, 0.6) is 0 Å². The van der Waals surface area contributed by atoms with E-state index in [4.69, 9.17) is 9.47 Å². The van der Waals surface area contributed by atoms with Crippen molar-refractivity contribution in [3.63, 3.8) is 0 Å². The first-order valence-corrected chi connectivity index (χ1v) is 13.5. The fraction of sp³-hybridized carbons (Fsp3) is 0.630. The van der Waals surface area contributed by atoms with Gasteiger partial charge in [0.2, 0.25) is 17.7 Å². The number of benzene rings is 1. The van der Waals surface area contributed by atoms with Crippen molar-refractivity contribution in [3.05, 3.63) is 35.9 Å². The maximum Gasteiger partial charge on any atom is 0.243 e. The predicted octanol–water partition coefficient (Wildman–Crippen LogP) is 0.492. The number of morpholine rings is 1. The second-order valence-electron chi connectivity index (χ2n) is 10.9. The molecule has 0 aliphatic carbocycles. The van der Waals surface area contributed by atoms with Crippen LogP contribution in [0.25, 0.3) is 0 Å². The van der Waals surface area contributed by atoms with E-state index in [0.29, 0.717) is 39.3 Å². The number of amides is 3. The molecule has 38 heavy (non-hydrogen) atoms. The lowest BCUT2D eigenvalue weighted by molar-refractivity contribution is -0.134. The van der Waals surface area contributed by atoms with E-state index >= 15 is 0 Å². The lowest BCUT2D eigenvalue weighted by atomic mass is 9.94. The Labute approximate surface area is 230 Å². The van der Waals surface area contributed by atoms with Crippen molar-refractivity contribution in [1.82, 2.24) is 20.9 Å². The number of Topliss-reactive ketones (excluding diaryl/α,β-unsaturated/α-hetero) is 1. The van der Waals surface area contributed by atoms with E-state index in [1.807, 2.05) is 49.1 Å². The number of ketones is 1. The molecule has 0 saturated carbocycles. The summed E-state index contributed by atoms with van der Waals surface area (Å²) in [7, 11) is 0. The van der Waals surface area contributed by atoms with Crippen LogP contribution in [0.4, 0.5) is 0 Å². The van der Waals surface area contributed by atoms with Crippen molar-refractivity contribution in [1.29, 1.82) is 0 Å². The van der Waals surface area contributed by atoms with Gasteiger partial charge in [-0.3, -0.25) is 24.1 Å². The maximum atomic E-state index is 13.5. The zero-order chi connectivity index (χ0) is 27.9. The molecule has 0 aromatic heterocycles. The van der Waals surface area contributed by atoms with Gasteiger partial charge in [-0.1, -0.05) is 44.2 Å². The summed E-state index contributed by atoms with van der Waals surface area (Å²) in [5, 5.41) is 8.30. The van der Waals surface area contributed by atoms with Crippen molar-refractivity contribution >= 4 is 36.1 Å². The maximum absolute atomic E-state index is 13.5. The van der Waals surface area contributed by atoms with Crippen LogP contribution in [0.1, 0.15) is 39.7 Å². The van der Waals surface area contributed by atoms with Crippen LogP contribution in [0.15, 0.2) is 30.3 Å². The van der Waals surface area contributed by atoms with Gasteiger partial charge in [-0.2, -0.15) is 12.6 Å². The van der Waals surface area contributed by atoms with E-state index < -0.39 is 40.3 Å². The Morgan fingerprint density at radius 3 is 2.21 bits per heavy atom. The Morgan fingerprint density at radius 1 is 1.03 bits per heavy atom. The first-order valence-electron chi connectivity index (χ1n) is 13.0. The van der Waals surface area contributed by atoms with Gasteiger partial charge in [-0.25, -0.2) is 0 Å². The highest BCUT2D eigenvalue weighted by atomic mass is 32.1. The van der Waals surface area contributed by atoms with Crippen LogP contribution in [-0.2, 0) is 35.1 Å². The summed E-state index contributed by atoms with van der Waals surface area (Å²) in [6, 6.07) is 6.75. The fourth-order valence-electron chi connectivity index (χ4n) is 4.27. The molecule has 210 valence electrons. The predicted molar refractivity (Wildman–Crippen MR) is 146 cm³/mol. The minimum Gasteiger partial charge on any atom is -0.379 e. The van der Waals surface area contributed by atoms with Gasteiger partial charge >= 0.3 is 0 Å². The van der Waals surface area contributed by atoms with Crippen molar-refractivity contribution in [2.24, 2.45) is 0 Å². The van der Waals surface area contributed by atoms with Gasteiger partial charge in [0.1, 0.15) is 17.7 Å². The zero-order valence-corrected chi connectivity index (χ0v) is 23.5. The molecule has 2 heterocycles. The highest BCUT2D eigenvalue weighted by Crippen LogP contribution is 2.29. The van der Waals surface area contributed by atoms with Crippen molar-refractivity contribution in [2.45, 2.75) is 69.0 Å². The average Bonchev–Trinajstić information content (AvgIpc) is 3.61. The Kier molecular flexibility index (Phi) is 10.3. The first-order chi connectivity index (χ1) is 17.9. The van der Waals surface area contributed by atoms with E-state index in [1.54, 1.807) is 13.8 Å². The monoisotopic (exact) mass is 548 g/mol. The number of carbonyl (C=O) groups is 4. The van der Waals surface area contributed by atoms with Crippen molar-refractivity contribution in [3.8, 4) is 0 Å². The normalized spacial score (nSPS) is 22.0. The Hall–Kier alpha value is -2.47. The summed E-state index contributed by atoms with van der Waals surface area (Å²) in [6.45, 7) is 9.86. The Morgan fingerprint density at radius 2 is 1.63 bits per heavy atom. The SMILES string of the molecule is CC(NC(=O)CN1CCOCC1)C(=O)NC(CC(C)(C)S)C(=O)NC(Cc1ccccc1)C(=O)C1(C)CO1. The summed E-state index contributed by atoms with van der Waals surface area (Å²) in [5.74, 6) is -1.49. The smallest absolute Gasteiger partial charge is 0.243 e. The third kappa shape index (κ3) is 9.37. The molecule has 4 atom stereocenters. The summed E-state index contributed by atoms with van der Waals surface area (Å²) >= 11 is 4.56. The minimum absolute atomic E-state index is 0.165. The van der Waals surface area contributed by atoms with Gasteiger partial charge in [0.15, 0.2) is 5.78 Å². The van der Waals surface area contributed by atoms with E-state index in [1.165, 1.54) is 0 Å². The van der Waals surface area contributed by atoms with Gasteiger partial charge in [-0.05, 0) is 32.3 Å². The molecule has 2 aliphatic heterocycles. The molecule has 10 nitrogen and oxygen atoms in total. The molecule has 2 saturated heterocycles. The van der Waals surface area contributed by atoms with Crippen LogP contribution in [0.2, 0.25) is 0 Å². The summed E-state index contributed by atoms with van der Waals surface area (Å²) in [4.78, 5) is 54.1. The highest BCUT2D eigenvalue weighted by Gasteiger charge is 2.50. The van der Waals surface area contributed by atoms with Gasteiger partial charge < -0.3 is 25.4 Å². The van der Waals surface area contributed by atoms with Gasteiger partial charge in [-0.15, -0.1) is 0 Å². The number of hydrogen-bond donors (Lipinski definition) is 4. The molecule has 2 fully saturated rings. The van der Waals surface area contributed by atoms with Crippen LogP contribution in [0, 0.1) is 0 Å². The number of rotatable bonds is 13. The Balaban J connectivity index is 1.65. The molecule has 0 bridgehead atoms. The standard InChI is InChI=1S/C27H40N4O6S/c1-18(28-22(32)16-31-10-12-36-13-11-31)24(34)30-21(15-26(2,3)38)25(35)29-20(23(33)27(4)17-37-27)14-19-8-6-5-7-9-19/h5-9,18,20-21,38H,10-17H2,1-4H3,(H,28,32)(H,29,35)(H,30,34). The topological polar surface area (TPSA) is 129 Å². The van der Waals surface area contributed by atoms with Crippen molar-refractivity contribution in [2.75, 3.05) is 39.5 Å². The molecule has 1 aromatic rings. The number of nitrogens with zero attached hydrogens (tertiary/aromatic N) is 1. The van der Waals surface area contributed by atoms with Crippen LogP contribution >= 0.6 is 12.6 Å². The number of epoxide rings is 1. The number of thiol groups is 1. The summed E-state index contributed by atoms with van der Waals surface area (Å²) in [5.41, 5.74) is -0.0322. The number of nitrogens with one attached hydrogen (secondary N) is 3. The largest absolute Gasteiger partial charge is 0.379 e. The average molecular weight is 549 g/mol. The van der Waals surface area contributed by atoms with Crippen LogP contribution in [0.3, 0.4) is 0 Å². The third-order valence-corrected chi connectivity index (χ3v) is 6.78. The molecule has 3 rings (SSSR count). The Bertz CT molecular complexity index is 989. The molecule has 4 unspecified atom stereocenters. The zero-order valence-electron chi connectivity index (χ0n) is 22.6. The van der Waals surface area contributed by atoms with E-state index in [0.717, 1.165) is 5.56 Å². The summed E-state index contributed by atoms with van der Waals surface area (Å²) in [6.07, 6.45) is 0.505. The molecule has 0 spiro atoms. The summed E-state index contributed by atoms with van der Waals surface area (Å²) < 4.78 is 10.1. The quantitative estimate of drug-likeness (QED) is 0.209. The third-order valence-electron chi connectivity index (χ3n) is 6.59. The second kappa shape index (κ2) is 13.1. The highest BCUT2D eigenvalue weighted by molar-refractivity contribution is 7.81. The van der Waals surface area contributed by atoms with Crippen molar-refractivity contribution < 1.29 is 28.7 Å². The second-order valence-corrected chi connectivity index (χ2v) is 12.1.